The van der Waals surface area contributed by atoms with Gasteiger partial charge in [-0.1, -0.05) is 0 Å². The fourth-order valence-electron chi connectivity index (χ4n) is 1.96. The number of hydrazine groups is 1. The lowest BCUT2D eigenvalue weighted by atomic mass is 10.2. The molecule has 2 aromatic rings. The summed E-state index contributed by atoms with van der Waals surface area (Å²) in [5, 5.41) is 3.34. The number of thiocarbonyl (C=S) groups is 1. The number of nitrogens with zero attached hydrogens (tertiary/aromatic N) is 2. The molecule has 8 heteroatoms. The molecule has 24 heavy (non-hydrogen) atoms. The van der Waals surface area contributed by atoms with Crippen LogP contribution < -0.4 is 16.2 Å². The summed E-state index contributed by atoms with van der Waals surface area (Å²) in [6, 6.07) is 8.71. The lowest BCUT2D eigenvalue weighted by Crippen LogP contribution is -2.34. The summed E-state index contributed by atoms with van der Waals surface area (Å²) < 4.78 is 4.93. The highest BCUT2D eigenvalue weighted by Crippen LogP contribution is 2.10. The number of hydrogen-bond donors (Lipinski definition) is 3. The zero-order chi connectivity index (χ0) is 17.5. The van der Waals surface area contributed by atoms with Gasteiger partial charge in [-0.2, -0.15) is 0 Å². The number of hydrogen-bond acceptors (Lipinski definition) is 6. The first-order valence-corrected chi connectivity index (χ1v) is 7.81. The van der Waals surface area contributed by atoms with Crippen LogP contribution in [0.3, 0.4) is 0 Å². The van der Waals surface area contributed by atoms with Gasteiger partial charge in [0.1, 0.15) is 0 Å². The molecule has 0 spiro atoms. The van der Waals surface area contributed by atoms with Gasteiger partial charge in [0.25, 0.3) is 0 Å². The van der Waals surface area contributed by atoms with E-state index in [9.17, 15) is 4.79 Å². The lowest BCUT2D eigenvalue weighted by molar-refractivity contribution is 0.0526. The maximum Gasteiger partial charge on any atom is 0.338 e. The van der Waals surface area contributed by atoms with E-state index in [1.807, 2.05) is 19.9 Å². The molecule has 1 aromatic carbocycles. The van der Waals surface area contributed by atoms with Crippen molar-refractivity contribution < 1.29 is 9.53 Å². The molecule has 1 heterocycles. The van der Waals surface area contributed by atoms with E-state index in [-0.39, 0.29) is 5.97 Å². The fraction of sp³-hybridized carbons (Fsp3) is 0.250. The summed E-state index contributed by atoms with van der Waals surface area (Å²) in [4.78, 5) is 20.1. The van der Waals surface area contributed by atoms with Crippen LogP contribution in [0.2, 0.25) is 0 Å². The Bertz CT molecular complexity index is 713. The maximum absolute atomic E-state index is 11.6. The van der Waals surface area contributed by atoms with E-state index in [1.54, 1.807) is 31.2 Å². The molecule has 126 valence electrons. The normalized spacial score (nSPS) is 9.96. The molecule has 0 bridgehead atoms. The number of esters is 1. The molecule has 0 amide bonds. The van der Waals surface area contributed by atoms with Gasteiger partial charge >= 0.3 is 5.97 Å². The Kier molecular flexibility index (Phi) is 6.02. The summed E-state index contributed by atoms with van der Waals surface area (Å²) in [5.41, 5.74) is 8.61. The van der Waals surface area contributed by atoms with Gasteiger partial charge in [0.15, 0.2) is 5.11 Å². The predicted molar refractivity (Wildman–Crippen MR) is 96.9 cm³/mol. The minimum Gasteiger partial charge on any atom is -0.462 e. The molecule has 0 saturated carbocycles. The van der Waals surface area contributed by atoms with E-state index < -0.39 is 0 Å². The van der Waals surface area contributed by atoms with Gasteiger partial charge in [0.2, 0.25) is 5.95 Å². The largest absolute Gasteiger partial charge is 0.462 e. The van der Waals surface area contributed by atoms with Crippen LogP contribution in [0.5, 0.6) is 0 Å². The topological polar surface area (TPSA) is 88.2 Å². The molecule has 7 nitrogen and oxygen atoms in total. The van der Waals surface area contributed by atoms with Crippen molar-refractivity contribution in [2.45, 2.75) is 20.8 Å². The van der Waals surface area contributed by atoms with Gasteiger partial charge in [0.05, 0.1) is 12.2 Å². The molecule has 0 fully saturated rings. The molecule has 0 aliphatic rings. The summed E-state index contributed by atoms with van der Waals surface area (Å²) in [5.74, 6) is 0.0905. The van der Waals surface area contributed by atoms with Gasteiger partial charge in [-0.3, -0.25) is 10.9 Å². The van der Waals surface area contributed by atoms with E-state index in [2.05, 4.69) is 26.1 Å². The SMILES string of the molecule is CCOC(=O)c1ccc(NC(=S)NNc2nc(C)cc(C)n2)cc1. The molecule has 1 aromatic heterocycles. The van der Waals surface area contributed by atoms with Crippen molar-refractivity contribution in [3.8, 4) is 0 Å². The molecule has 0 saturated heterocycles. The second kappa shape index (κ2) is 8.21. The molecule has 0 atom stereocenters. The third-order valence-corrected chi connectivity index (χ3v) is 3.13. The monoisotopic (exact) mass is 345 g/mol. The van der Waals surface area contributed by atoms with Crippen LogP contribution in [0.25, 0.3) is 0 Å². The number of benzene rings is 1. The zero-order valence-electron chi connectivity index (χ0n) is 13.7. The number of aryl methyl sites for hydroxylation is 2. The number of ether oxygens (including phenoxy) is 1. The van der Waals surface area contributed by atoms with E-state index in [1.165, 1.54) is 0 Å². The van der Waals surface area contributed by atoms with Crippen LogP contribution in [0.15, 0.2) is 30.3 Å². The number of aromatic nitrogens is 2. The smallest absolute Gasteiger partial charge is 0.338 e. The summed E-state index contributed by atoms with van der Waals surface area (Å²) >= 11 is 5.19. The fourth-order valence-corrected chi connectivity index (χ4v) is 2.13. The minimum absolute atomic E-state index is 0.346. The highest BCUT2D eigenvalue weighted by Gasteiger charge is 2.06. The molecular formula is C16H19N5O2S. The highest BCUT2D eigenvalue weighted by atomic mass is 32.1. The van der Waals surface area contributed by atoms with Crippen molar-refractivity contribution in [1.29, 1.82) is 0 Å². The average Bonchev–Trinajstić information content (AvgIpc) is 2.53. The van der Waals surface area contributed by atoms with Crippen molar-refractivity contribution >= 4 is 34.9 Å². The molecule has 0 aliphatic carbocycles. The van der Waals surface area contributed by atoms with Crippen LogP contribution in [0.1, 0.15) is 28.7 Å². The molecule has 0 unspecified atom stereocenters. The van der Waals surface area contributed by atoms with Gasteiger partial charge in [-0.05, 0) is 63.3 Å². The molecule has 2 rings (SSSR count). The van der Waals surface area contributed by atoms with Gasteiger partial charge in [-0.25, -0.2) is 14.8 Å². The number of nitrogens with one attached hydrogen (secondary N) is 3. The quantitative estimate of drug-likeness (QED) is 0.433. The first-order valence-electron chi connectivity index (χ1n) is 7.40. The number of rotatable bonds is 5. The lowest BCUT2D eigenvalue weighted by Gasteiger charge is -2.12. The Labute approximate surface area is 145 Å². The predicted octanol–water partition coefficient (Wildman–Crippen LogP) is 2.58. The number of carbonyl (C=O) groups is 1. The van der Waals surface area contributed by atoms with Crippen LogP contribution in [-0.2, 0) is 4.74 Å². The van der Waals surface area contributed by atoms with E-state index in [4.69, 9.17) is 17.0 Å². The van der Waals surface area contributed by atoms with Crippen molar-refractivity contribution in [3.63, 3.8) is 0 Å². The Morgan fingerprint density at radius 3 is 2.38 bits per heavy atom. The molecule has 3 N–H and O–H groups in total. The van der Waals surface area contributed by atoms with Crippen LogP contribution in [0.4, 0.5) is 11.6 Å². The van der Waals surface area contributed by atoms with Crippen molar-refractivity contribution in [1.82, 2.24) is 15.4 Å². The molecule has 0 aliphatic heterocycles. The first-order chi connectivity index (χ1) is 11.5. The van der Waals surface area contributed by atoms with Crippen molar-refractivity contribution in [2.24, 2.45) is 0 Å². The Hall–Kier alpha value is -2.74. The average molecular weight is 345 g/mol. The Morgan fingerprint density at radius 2 is 1.79 bits per heavy atom. The van der Waals surface area contributed by atoms with Crippen LogP contribution in [-0.4, -0.2) is 27.7 Å². The first kappa shape index (κ1) is 17.6. The standard InChI is InChI=1S/C16H19N5O2S/c1-4-23-14(22)12-5-7-13(8-6-12)19-16(24)21-20-15-17-10(2)9-11(3)18-15/h5-9H,4H2,1-3H3,(H,17,18,20)(H2,19,21,24). The Morgan fingerprint density at radius 1 is 1.17 bits per heavy atom. The number of carbonyl (C=O) groups excluding carboxylic acids is 1. The van der Waals surface area contributed by atoms with Gasteiger partial charge in [-0.15, -0.1) is 0 Å². The third kappa shape index (κ3) is 5.17. The molecular weight excluding hydrogens is 326 g/mol. The second-order valence-electron chi connectivity index (χ2n) is 4.98. The van der Waals surface area contributed by atoms with E-state index >= 15 is 0 Å². The third-order valence-electron chi connectivity index (χ3n) is 2.92. The number of anilines is 2. The van der Waals surface area contributed by atoms with Gasteiger partial charge in [0, 0.05) is 17.1 Å². The summed E-state index contributed by atoms with van der Waals surface area (Å²) in [6.07, 6.45) is 0. The van der Waals surface area contributed by atoms with Crippen molar-refractivity contribution in [2.75, 3.05) is 17.3 Å². The van der Waals surface area contributed by atoms with Crippen molar-refractivity contribution in [3.05, 3.63) is 47.3 Å². The highest BCUT2D eigenvalue weighted by molar-refractivity contribution is 7.80. The molecule has 0 radical (unpaired) electrons. The summed E-state index contributed by atoms with van der Waals surface area (Å²) in [7, 11) is 0. The Balaban J connectivity index is 1.89. The summed E-state index contributed by atoms with van der Waals surface area (Å²) in [6.45, 7) is 5.90. The van der Waals surface area contributed by atoms with Crippen LogP contribution >= 0.6 is 12.2 Å². The van der Waals surface area contributed by atoms with E-state index in [0.29, 0.717) is 23.2 Å². The van der Waals surface area contributed by atoms with E-state index in [0.717, 1.165) is 17.1 Å². The van der Waals surface area contributed by atoms with Crippen LogP contribution in [0, 0.1) is 13.8 Å². The minimum atomic E-state index is -0.349. The van der Waals surface area contributed by atoms with Gasteiger partial charge < -0.3 is 10.1 Å². The maximum atomic E-state index is 11.6. The zero-order valence-corrected chi connectivity index (χ0v) is 14.5. The second-order valence-corrected chi connectivity index (χ2v) is 5.38.